The number of nitrogens with two attached hydrogens (primary N) is 1. The van der Waals surface area contributed by atoms with Crippen LogP contribution >= 0.6 is 0 Å². The van der Waals surface area contributed by atoms with Gasteiger partial charge in [0, 0.05) is 19.3 Å². The maximum absolute atomic E-state index is 12.5. The molecule has 0 amide bonds. The molecule has 3 N–H and O–H groups in total. The molecule has 0 unspecified atom stereocenters. The van der Waals surface area contributed by atoms with Crippen molar-refractivity contribution in [3.63, 3.8) is 0 Å². The van der Waals surface area contributed by atoms with Gasteiger partial charge in [-0.25, -0.2) is 13.1 Å². The van der Waals surface area contributed by atoms with Crippen LogP contribution in [-0.4, -0.2) is 27.7 Å². The van der Waals surface area contributed by atoms with Gasteiger partial charge in [-0.1, -0.05) is 0 Å². The van der Waals surface area contributed by atoms with Gasteiger partial charge in [0.25, 0.3) is 0 Å². The highest BCUT2D eigenvalue weighted by Gasteiger charge is 2.25. The molecular formula is C14H24N2O3S. The Morgan fingerprint density at radius 3 is 2.30 bits per heavy atom. The van der Waals surface area contributed by atoms with Crippen LogP contribution in [0.5, 0.6) is 0 Å². The topological polar surface area (TPSA) is 81.4 Å². The lowest BCUT2D eigenvalue weighted by molar-refractivity contribution is 0.0276. The van der Waals surface area contributed by atoms with Crippen LogP contribution in [0.25, 0.3) is 0 Å². The second-order valence-corrected chi connectivity index (χ2v) is 7.35. The number of nitrogen functional groups attached to an aromatic ring is 1. The first kappa shape index (κ1) is 16.9. The van der Waals surface area contributed by atoms with E-state index in [0.29, 0.717) is 11.3 Å². The maximum atomic E-state index is 12.5. The van der Waals surface area contributed by atoms with E-state index >= 15 is 0 Å². The Hall–Kier alpha value is -1.11. The molecule has 1 aromatic rings. The first-order valence-electron chi connectivity index (χ1n) is 6.43. The Kier molecular flexibility index (Phi) is 4.84. The van der Waals surface area contributed by atoms with Crippen molar-refractivity contribution in [2.75, 3.05) is 19.4 Å². The van der Waals surface area contributed by atoms with Crippen molar-refractivity contribution >= 4 is 15.7 Å². The number of benzene rings is 1. The Bertz CT molecular complexity index is 581. The molecule has 0 aromatic heterocycles. The summed E-state index contributed by atoms with van der Waals surface area (Å²) >= 11 is 0. The van der Waals surface area contributed by atoms with Gasteiger partial charge in [-0.05, 0) is 57.4 Å². The highest BCUT2D eigenvalue weighted by Crippen LogP contribution is 2.27. The van der Waals surface area contributed by atoms with E-state index in [0.717, 1.165) is 11.1 Å². The van der Waals surface area contributed by atoms with Gasteiger partial charge >= 0.3 is 0 Å². The average Bonchev–Trinajstić information content (AvgIpc) is 2.34. The second-order valence-electron chi connectivity index (χ2n) is 5.65. The summed E-state index contributed by atoms with van der Waals surface area (Å²) in [6.45, 7) is 9.19. The first-order chi connectivity index (χ1) is 9.02. The van der Waals surface area contributed by atoms with Gasteiger partial charge in [0.1, 0.15) is 0 Å². The fourth-order valence-electron chi connectivity index (χ4n) is 1.86. The standard InChI is InChI=1S/C14H24N2O3S/c1-9-7-12(15)11(3)13(10(9)2)20(17,18)16-8-14(4,5)19-6/h7,16H,8,15H2,1-6H3. The summed E-state index contributed by atoms with van der Waals surface area (Å²) in [4.78, 5) is 0.266. The van der Waals surface area contributed by atoms with E-state index in [1.807, 2.05) is 20.8 Å². The summed E-state index contributed by atoms with van der Waals surface area (Å²) in [7, 11) is -2.07. The summed E-state index contributed by atoms with van der Waals surface area (Å²) in [6, 6.07) is 1.79. The molecule has 1 rings (SSSR count). The molecule has 0 heterocycles. The Morgan fingerprint density at radius 2 is 1.80 bits per heavy atom. The van der Waals surface area contributed by atoms with Crippen LogP contribution in [0.2, 0.25) is 0 Å². The molecule has 0 bridgehead atoms. The van der Waals surface area contributed by atoms with Gasteiger partial charge in [-0.2, -0.15) is 0 Å². The van der Waals surface area contributed by atoms with E-state index < -0.39 is 15.6 Å². The fourth-order valence-corrected chi connectivity index (χ4v) is 3.62. The zero-order valence-electron chi connectivity index (χ0n) is 13.0. The van der Waals surface area contributed by atoms with Crippen molar-refractivity contribution < 1.29 is 13.2 Å². The van der Waals surface area contributed by atoms with E-state index in [-0.39, 0.29) is 11.4 Å². The molecule has 0 atom stereocenters. The third kappa shape index (κ3) is 3.50. The summed E-state index contributed by atoms with van der Waals surface area (Å²) in [5.41, 5.74) is 7.96. The lowest BCUT2D eigenvalue weighted by atomic mass is 10.1. The number of anilines is 1. The Labute approximate surface area is 121 Å². The summed E-state index contributed by atoms with van der Waals surface area (Å²) < 4.78 is 32.9. The van der Waals surface area contributed by atoms with Gasteiger partial charge in [0.2, 0.25) is 10.0 Å². The van der Waals surface area contributed by atoms with Crippen molar-refractivity contribution in [2.24, 2.45) is 0 Å². The van der Waals surface area contributed by atoms with Crippen LogP contribution in [0, 0.1) is 20.8 Å². The van der Waals surface area contributed by atoms with Gasteiger partial charge in [0.05, 0.1) is 10.5 Å². The Balaban J connectivity index is 3.24. The van der Waals surface area contributed by atoms with E-state index in [1.165, 1.54) is 0 Å². The van der Waals surface area contributed by atoms with E-state index in [2.05, 4.69) is 4.72 Å². The number of methoxy groups -OCH3 is 1. The highest BCUT2D eigenvalue weighted by molar-refractivity contribution is 7.89. The largest absolute Gasteiger partial charge is 0.398 e. The molecule has 1 aromatic carbocycles. The molecule has 0 aliphatic heterocycles. The molecule has 0 aliphatic carbocycles. The zero-order valence-corrected chi connectivity index (χ0v) is 13.8. The zero-order chi connectivity index (χ0) is 15.7. The molecule has 6 heteroatoms. The fraction of sp³-hybridized carbons (Fsp3) is 0.571. The van der Waals surface area contributed by atoms with E-state index in [1.54, 1.807) is 27.0 Å². The normalized spacial score (nSPS) is 12.7. The predicted octanol–water partition coefficient (Wildman–Crippen LogP) is 1.90. The van der Waals surface area contributed by atoms with Crippen molar-refractivity contribution in [3.05, 3.63) is 22.8 Å². The summed E-state index contributed by atoms with van der Waals surface area (Å²) in [6.07, 6.45) is 0. The SMILES string of the molecule is COC(C)(C)CNS(=O)(=O)c1c(C)c(C)cc(N)c1C. The number of hydrogen-bond donors (Lipinski definition) is 2. The van der Waals surface area contributed by atoms with E-state index in [9.17, 15) is 8.42 Å². The third-order valence-corrected chi connectivity index (χ3v) is 5.26. The molecule has 0 aliphatic rings. The van der Waals surface area contributed by atoms with Gasteiger partial charge < -0.3 is 10.5 Å². The lowest BCUT2D eigenvalue weighted by Crippen LogP contribution is -2.40. The quantitative estimate of drug-likeness (QED) is 0.814. The monoisotopic (exact) mass is 300 g/mol. The molecule has 0 radical (unpaired) electrons. The molecule has 0 saturated heterocycles. The molecule has 0 fully saturated rings. The highest BCUT2D eigenvalue weighted by atomic mass is 32.2. The number of rotatable bonds is 5. The second kappa shape index (κ2) is 5.71. The first-order valence-corrected chi connectivity index (χ1v) is 7.91. The maximum Gasteiger partial charge on any atom is 0.241 e. The van der Waals surface area contributed by atoms with Gasteiger partial charge in [-0.3, -0.25) is 0 Å². The summed E-state index contributed by atoms with van der Waals surface area (Å²) in [5, 5.41) is 0. The van der Waals surface area contributed by atoms with Crippen molar-refractivity contribution in [3.8, 4) is 0 Å². The van der Waals surface area contributed by atoms with Crippen LogP contribution in [0.4, 0.5) is 5.69 Å². The molecule has 114 valence electrons. The lowest BCUT2D eigenvalue weighted by Gasteiger charge is -2.24. The number of nitrogens with one attached hydrogen (secondary N) is 1. The molecule has 0 spiro atoms. The third-order valence-electron chi connectivity index (χ3n) is 3.59. The van der Waals surface area contributed by atoms with Crippen LogP contribution in [0.15, 0.2) is 11.0 Å². The Morgan fingerprint density at radius 1 is 1.25 bits per heavy atom. The molecule has 20 heavy (non-hydrogen) atoms. The number of ether oxygens (including phenoxy) is 1. The predicted molar refractivity (Wildman–Crippen MR) is 81.3 cm³/mol. The van der Waals surface area contributed by atoms with E-state index in [4.69, 9.17) is 10.5 Å². The van der Waals surface area contributed by atoms with Crippen LogP contribution in [0.3, 0.4) is 0 Å². The van der Waals surface area contributed by atoms with Crippen LogP contribution in [-0.2, 0) is 14.8 Å². The van der Waals surface area contributed by atoms with Crippen molar-refractivity contribution in [1.29, 1.82) is 0 Å². The molecule has 5 nitrogen and oxygen atoms in total. The van der Waals surface area contributed by atoms with Crippen molar-refractivity contribution in [1.82, 2.24) is 4.72 Å². The number of hydrogen-bond acceptors (Lipinski definition) is 4. The number of aryl methyl sites for hydroxylation is 1. The smallest absolute Gasteiger partial charge is 0.241 e. The minimum absolute atomic E-state index is 0.193. The van der Waals surface area contributed by atoms with Gasteiger partial charge in [-0.15, -0.1) is 0 Å². The number of sulfonamides is 1. The molecular weight excluding hydrogens is 276 g/mol. The van der Waals surface area contributed by atoms with Crippen LogP contribution in [0.1, 0.15) is 30.5 Å². The minimum Gasteiger partial charge on any atom is -0.398 e. The minimum atomic E-state index is -3.62. The molecule has 0 saturated carbocycles. The average molecular weight is 300 g/mol. The summed E-state index contributed by atoms with van der Waals surface area (Å²) in [5.74, 6) is 0. The van der Waals surface area contributed by atoms with Gasteiger partial charge in [0.15, 0.2) is 0 Å². The van der Waals surface area contributed by atoms with Crippen molar-refractivity contribution in [2.45, 2.75) is 45.1 Å². The van der Waals surface area contributed by atoms with Crippen LogP contribution < -0.4 is 10.5 Å².